The van der Waals surface area contributed by atoms with Crippen molar-refractivity contribution >= 4 is 11.5 Å². The Balaban J connectivity index is 1.74. The van der Waals surface area contributed by atoms with E-state index in [0.717, 1.165) is 24.3 Å². The number of aryl methyl sites for hydroxylation is 1. The second-order valence-electron chi connectivity index (χ2n) is 5.78. The van der Waals surface area contributed by atoms with E-state index in [1.165, 1.54) is 11.1 Å². The van der Waals surface area contributed by atoms with Crippen LogP contribution in [-0.2, 0) is 0 Å². The van der Waals surface area contributed by atoms with Gasteiger partial charge in [-0.2, -0.15) is 0 Å². The Bertz CT molecular complexity index is 735. The van der Waals surface area contributed by atoms with E-state index in [9.17, 15) is 4.79 Å². The third kappa shape index (κ3) is 3.29. The third-order valence-corrected chi connectivity index (χ3v) is 4.30. The number of hydrogen-bond donors (Lipinski definition) is 0. The summed E-state index contributed by atoms with van der Waals surface area (Å²) in [6.45, 7) is 3.37. The Morgan fingerprint density at radius 1 is 1.13 bits per heavy atom. The van der Waals surface area contributed by atoms with Crippen LogP contribution >= 0.6 is 0 Å². The highest BCUT2D eigenvalue weighted by Gasteiger charge is 2.20. The summed E-state index contributed by atoms with van der Waals surface area (Å²) in [4.78, 5) is 14.5. The molecule has 0 bridgehead atoms. The van der Waals surface area contributed by atoms with Gasteiger partial charge in [0.2, 0.25) is 0 Å². The van der Waals surface area contributed by atoms with Crippen molar-refractivity contribution in [3.05, 3.63) is 71.3 Å². The van der Waals surface area contributed by atoms with Crippen molar-refractivity contribution in [2.24, 2.45) is 0 Å². The molecular formula is C20H21NO2. The van der Waals surface area contributed by atoms with Crippen molar-refractivity contribution in [1.29, 1.82) is 0 Å². The van der Waals surface area contributed by atoms with E-state index in [1.807, 2.05) is 48.2 Å². The number of carbonyl (C=O) groups excluding carboxylic acids is 1. The Morgan fingerprint density at radius 3 is 2.57 bits per heavy atom. The highest BCUT2D eigenvalue weighted by molar-refractivity contribution is 5.95. The minimum Gasteiger partial charge on any atom is -0.496 e. The predicted octanol–water partition coefficient (Wildman–Crippen LogP) is 3.93. The van der Waals surface area contributed by atoms with Gasteiger partial charge in [0.05, 0.1) is 7.11 Å². The maximum Gasteiger partial charge on any atom is 0.254 e. The lowest BCUT2D eigenvalue weighted by atomic mass is 9.99. The van der Waals surface area contributed by atoms with E-state index in [0.29, 0.717) is 12.1 Å². The van der Waals surface area contributed by atoms with E-state index in [4.69, 9.17) is 4.74 Å². The third-order valence-electron chi connectivity index (χ3n) is 4.30. The molecule has 3 heteroatoms. The first-order valence-electron chi connectivity index (χ1n) is 7.87. The standard InChI is InChI=1S/C20H21NO2/c1-15-8-9-18(14-19(15)23-2)20(22)21-12-10-17(11-13-21)16-6-4-3-5-7-16/h3-10,14H,11-13H2,1-2H3. The number of nitrogens with zero attached hydrogens (tertiary/aromatic N) is 1. The van der Waals surface area contributed by atoms with Crippen LogP contribution in [0.15, 0.2) is 54.6 Å². The van der Waals surface area contributed by atoms with Crippen LogP contribution in [-0.4, -0.2) is 31.0 Å². The van der Waals surface area contributed by atoms with Gasteiger partial charge in [0.15, 0.2) is 0 Å². The van der Waals surface area contributed by atoms with Gasteiger partial charge in [-0.15, -0.1) is 0 Å². The van der Waals surface area contributed by atoms with Crippen molar-refractivity contribution < 1.29 is 9.53 Å². The summed E-state index contributed by atoms with van der Waals surface area (Å²) in [6, 6.07) is 16.0. The summed E-state index contributed by atoms with van der Waals surface area (Å²) < 4.78 is 5.32. The van der Waals surface area contributed by atoms with Gasteiger partial charge in [0.1, 0.15) is 5.75 Å². The maximum atomic E-state index is 12.7. The summed E-state index contributed by atoms with van der Waals surface area (Å²) in [7, 11) is 1.63. The number of carbonyl (C=O) groups is 1. The Labute approximate surface area is 137 Å². The molecule has 0 N–H and O–H groups in total. The fraction of sp³-hybridized carbons (Fsp3) is 0.250. The van der Waals surface area contributed by atoms with Crippen molar-refractivity contribution in [2.45, 2.75) is 13.3 Å². The van der Waals surface area contributed by atoms with Gasteiger partial charge in [0.25, 0.3) is 5.91 Å². The Kier molecular flexibility index (Phi) is 4.47. The lowest BCUT2D eigenvalue weighted by molar-refractivity contribution is 0.0772. The van der Waals surface area contributed by atoms with Crippen molar-refractivity contribution in [1.82, 2.24) is 4.90 Å². The van der Waals surface area contributed by atoms with Gasteiger partial charge in [-0.25, -0.2) is 0 Å². The quantitative estimate of drug-likeness (QED) is 0.860. The van der Waals surface area contributed by atoms with Crippen molar-refractivity contribution in [3.63, 3.8) is 0 Å². The summed E-state index contributed by atoms with van der Waals surface area (Å²) in [6.07, 6.45) is 3.04. The molecule has 1 aliphatic rings. The van der Waals surface area contributed by atoms with Crippen LogP contribution in [0.4, 0.5) is 0 Å². The summed E-state index contributed by atoms with van der Waals surface area (Å²) in [5.74, 6) is 0.819. The van der Waals surface area contributed by atoms with Crippen LogP contribution < -0.4 is 4.74 Å². The molecule has 1 aliphatic heterocycles. The zero-order valence-corrected chi connectivity index (χ0v) is 13.6. The molecule has 0 spiro atoms. The molecule has 3 nitrogen and oxygen atoms in total. The summed E-state index contributed by atoms with van der Waals surface area (Å²) in [5, 5.41) is 0. The van der Waals surface area contributed by atoms with Crippen LogP contribution in [0.3, 0.4) is 0 Å². The number of methoxy groups -OCH3 is 1. The number of hydrogen-bond acceptors (Lipinski definition) is 2. The first-order valence-corrected chi connectivity index (χ1v) is 7.87. The smallest absolute Gasteiger partial charge is 0.254 e. The first kappa shape index (κ1) is 15.3. The summed E-state index contributed by atoms with van der Waals surface area (Å²) >= 11 is 0. The largest absolute Gasteiger partial charge is 0.496 e. The molecule has 0 radical (unpaired) electrons. The molecule has 0 unspecified atom stereocenters. The highest BCUT2D eigenvalue weighted by atomic mass is 16.5. The van der Waals surface area contributed by atoms with Crippen LogP contribution in [0.25, 0.3) is 5.57 Å². The van der Waals surface area contributed by atoms with Gasteiger partial charge in [-0.05, 0) is 42.2 Å². The van der Waals surface area contributed by atoms with E-state index in [2.05, 4.69) is 18.2 Å². The number of rotatable bonds is 3. The molecule has 118 valence electrons. The zero-order chi connectivity index (χ0) is 16.2. The topological polar surface area (TPSA) is 29.5 Å². The first-order chi connectivity index (χ1) is 11.2. The lowest BCUT2D eigenvalue weighted by Crippen LogP contribution is -2.34. The fourth-order valence-electron chi connectivity index (χ4n) is 2.90. The van der Waals surface area contributed by atoms with Crippen LogP contribution in [0.1, 0.15) is 27.9 Å². The number of ether oxygens (including phenoxy) is 1. The SMILES string of the molecule is COc1cc(C(=O)N2CC=C(c3ccccc3)CC2)ccc1C. The molecule has 3 rings (SSSR count). The van der Waals surface area contributed by atoms with Crippen LogP contribution in [0, 0.1) is 6.92 Å². The van der Waals surface area contributed by atoms with E-state index in [1.54, 1.807) is 7.11 Å². The monoisotopic (exact) mass is 307 g/mol. The molecular weight excluding hydrogens is 286 g/mol. The number of amides is 1. The normalized spacial score (nSPS) is 14.3. The molecule has 1 amide bonds. The second kappa shape index (κ2) is 6.69. The minimum absolute atomic E-state index is 0.0617. The maximum absolute atomic E-state index is 12.7. The molecule has 0 fully saturated rings. The van der Waals surface area contributed by atoms with E-state index in [-0.39, 0.29) is 5.91 Å². The Morgan fingerprint density at radius 2 is 1.91 bits per heavy atom. The molecule has 23 heavy (non-hydrogen) atoms. The molecule has 0 saturated carbocycles. The van der Waals surface area contributed by atoms with Crippen molar-refractivity contribution in [3.8, 4) is 5.75 Å². The fourth-order valence-corrected chi connectivity index (χ4v) is 2.90. The average molecular weight is 307 g/mol. The van der Waals surface area contributed by atoms with E-state index >= 15 is 0 Å². The molecule has 1 heterocycles. The molecule has 0 aromatic heterocycles. The predicted molar refractivity (Wildman–Crippen MR) is 92.7 cm³/mol. The van der Waals surface area contributed by atoms with Gasteiger partial charge < -0.3 is 9.64 Å². The average Bonchev–Trinajstić information content (AvgIpc) is 2.62. The molecule has 2 aromatic carbocycles. The van der Waals surface area contributed by atoms with Gasteiger partial charge >= 0.3 is 0 Å². The van der Waals surface area contributed by atoms with Gasteiger partial charge in [-0.1, -0.05) is 42.5 Å². The molecule has 2 aromatic rings. The Hall–Kier alpha value is -2.55. The van der Waals surface area contributed by atoms with Crippen LogP contribution in [0.2, 0.25) is 0 Å². The molecule has 0 aliphatic carbocycles. The van der Waals surface area contributed by atoms with Gasteiger partial charge in [-0.3, -0.25) is 4.79 Å². The lowest BCUT2D eigenvalue weighted by Gasteiger charge is -2.27. The van der Waals surface area contributed by atoms with Crippen molar-refractivity contribution in [2.75, 3.05) is 20.2 Å². The van der Waals surface area contributed by atoms with Gasteiger partial charge in [0, 0.05) is 18.7 Å². The minimum atomic E-state index is 0.0617. The second-order valence-corrected chi connectivity index (χ2v) is 5.78. The van der Waals surface area contributed by atoms with Crippen LogP contribution in [0.5, 0.6) is 5.75 Å². The zero-order valence-electron chi connectivity index (χ0n) is 13.6. The molecule has 0 atom stereocenters. The van der Waals surface area contributed by atoms with E-state index < -0.39 is 0 Å². The highest BCUT2D eigenvalue weighted by Crippen LogP contribution is 2.24. The summed E-state index contributed by atoms with van der Waals surface area (Å²) in [5.41, 5.74) is 4.28. The number of benzene rings is 2. The molecule has 0 saturated heterocycles.